The quantitative estimate of drug-likeness (QED) is 0.397. The van der Waals surface area contributed by atoms with Crippen LogP contribution < -0.4 is 10.1 Å². The summed E-state index contributed by atoms with van der Waals surface area (Å²) in [5.74, 6) is 0.362. The fraction of sp³-hybridized carbons (Fsp3) is 0.391. The van der Waals surface area contributed by atoms with Crippen LogP contribution in [0.25, 0.3) is 16.8 Å². The van der Waals surface area contributed by atoms with Crippen molar-refractivity contribution in [2.75, 3.05) is 19.7 Å². The van der Waals surface area contributed by atoms with Crippen molar-refractivity contribution < 1.29 is 14.2 Å². The van der Waals surface area contributed by atoms with Crippen LogP contribution in [-0.4, -0.2) is 54.4 Å². The van der Waals surface area contributed by atoms with Gasteiger partial charge in [-0.2, -0.15) is 5.10 Å². The number of piperidine rings is 1. The lowest BCUT2D eigenvalue weighted by Crippen LogP contribution is -2.37. The fourth-order valence-corrected chi connectivity index (χ4v) is 4.70. The topological polar surface area (TPSA) is 102 Å². The number of nitrogens with zero attached hydrogens (tertiary/aromatic N) is 6. The van der Waals surface area contributed by atoms with E-state index in [-0.39, 0.29) is 25.1 Å². The van der Waals surface area contributed by atoms with Gasteiger partial charge in [-0.1, -0.05) is 23.7 Å². The molecule has 5 heterocycles. The molecule has 12 heteroatoms. The molecule has 0 saturated carbocycles. The molecular weight excluding hydrogens is 496 g/mol. The van der Waals surface area contributed by atoms with Gasteiger partial charge in [0.15, 0.2) is 6.10 Å². The van der Waals surface area contributed by atoms with E-state index in [9.17, 15) is 9.50 Å². The third-order valence-electron chi connectivity index (χ3n) is 6.30. The summed E-state index contributed by atoms with van der Waals surface area (Å²) in [6.45, 7) is 5.74. The molecule has 3 atom stereocenters. The molecule has 0 bridgehead atoms. The summed E-state index contributed by atoms with van der Waals surface area (Å²) < 4.78 is 23.1. The molecule has 0 amide bonds. The normalized spacial score (nSPS) is 18.9. The first-order chi connectivity index (χ1) is 16.5. The predicted octanol–water partition coefficient (Wildman–Crippen LogP) is 3.79. The summed E-state index contributed by atoms with van der Waals surface area (Å²) >= 11 is 6.39. The summed E-state index contributed by atoms with van der Waals surface area (Å²) in [7, 11) is 0. The van der Waals surface area contributed by atoms with Crippen LogP contribution >= 0.6 is 24.0 Å². The lowest BCUT2D eigenvalue weighted by Gasteiger charge is -2.30. The van der Waals surface area contributed by atoms with E-state index in [0.717, 1.165) is 37.0 Å². The summed E-state index contributed by atoms with van der Waals surface area (Å²) in [5.41, 5.74) is 3.34. The van der Waals surface area contributed by atoms with E-state index in [1.165, 1.54) is 18.3 Å². The second-order valence-electron chi connectivity index (χ2n) is 8.57. The van der Waals surface area contributed by atoms with Crippen molar-refractivity contribution in [3.05, 3.63) is 59.0 Å². The SMILES string of the molecule is Cc1c(-c2cc(OC(CO)c3ccc(F)cn3)c3c(Cl)cnn3c2)nnn1[C@H]1CCNC[C@H]1C.Cl. The molecule has 35 heavy (non-hydrogen) atoms. The Bertz CT molecular complexity index is 1310. The average molecular weight is 522 g/mol. The molecule has 2 N–H and O–H groups in total. The lowest BCUT2D eigenvalue weighted by molar-refractivity contribution is 0.114. The number of hydrogen-bond acceptors (Lipinski definition) is 7. The number of halogens is 3. The molecule has 0 aromatic carbocycles. The number of aromatic nitrogens is 6. The Kier molecular flexibility index (Phi) is 7.56. The van der Waals surface area contributed by atoms with Crippen LogP contribution in [0.2, 0.25) is 5.02 Å². The van der Waals surface area contributed by atoms with Gasteiger partial charge in [0.25, 0.3) is 0 Å². The zero-order valence-electron chi connectivity index (χ0n) is 19.2. The first kappa shape index (κ1) is 25.3. The second kappa shape index (κ2) is 10.4. The van der Waals surface area contributed by atoms with Crippen LogP contribution in [0.1, 0.15) is 36.9 Å². The largest absolute Gasteiger partial charge is 0.479 e. The Balaban J connectivity index is 0.00000289. The number of hydrogen-bond donors (Lipinski definition) is 2. The van der Waals surface area contributed by atoms with Crippen LogP contribution in [0.5, 0.6) is 5.75 Å². The maximum absolute atomic E-state index is 13.3. The molecule has 4 aromatic rings. The number of fused-ring (bicyclic) bond motifs is 1. The molecule has 0 spiro atoms. The Labute approximate surface area is 212 Å². The molecule has 1 aliphatic heterocycles. The number of aliphatic hydroxyl groups excluding tert-OH is 1. The van der Waals surface area contributed by atoms with Gasteiger partial charge in [0, 0.05) is 11.8 Å². The first-order valence-electron chi connectivity index (χ1n) is 11.1. The third kappa shape index (κ3) is 4.84. The zero-order chi connectivity index (χ0) is 23.8. The Morgan fingerprint density at radius 3 is 2.89 bits per heavy atom. The van der Waals surface area contributed by atoms with Crippen molar-refractivity contribution in [3.8, 4) is 17.0 Å². The van der Waals surface area contributed by atoms with Gasteiger partial charge in [-0.3, -0.25) is 4.98 Å². The van der Waals surface area contributed by atoms with Gasteiger partial charge in [-0.25, -0.2) is 13.6 Å². The van der Waals surface area contributed by atoms with Gasteiger partial charge < -0.3 is 15.2 Å². The van der Waals surface area contributed by atoms with Gasteiger partial charge >= 0.3 is 0 Å². The highest BCUT2D eigenvalue weighted by atomic mass is 35.5. The standard InChI is InChI=1S/C23H25ClFN7O2.ClH/c1-13-8-26-6-5-19(13)32-14(2)22(29-30-32)15-7-20(23-17(24)10-28-31(23)11-15)34-21(12-33)18-4-3-16(25)9-27-18;/h3-4,7,9-11,13,19,21,26,33H,5-6,8,12H2,1-2H3;1H/t13-,19+,21?;/m1./s1. The molecule has 1 unspecified atom stereocenters. The van der Waals surface area contributed by atoms with Gasteiger partial charge in [0.2, 0.25) is 0 Å². The van der Waals surface area contributed by atoms with Gasteiger partial charge in [-0.15, -0.1) is 17.5 Å². The molecule has 1 fully saturated rings. The summed E-state index contributed by atoms with van der Waals surface area (Å²) in [6, 6.07) is 4.83. The predicted molar refractivity (Wildman–Crippen MR) is 132 cm³/mol. The molecule has 186 valence electrons. The van der Waals surface area contributed by atoms with Gasteiger partial charge in [0.1, 0.15) is 22.8 Å². The number of rotatable bonds is 6. The molecule has 9 nitrogen and oxygen atoms in total. The molecular formula is C23H26Cl2FN7O2. The number of ether oxygens (including phenoxy) is 1. The van der Waals surface area contributed by atoms with Crippen LogP contribution in [0.3, 0.4) is 0 Å². The van der Waals surface area contributed by atoms with Crippen molar-refractivity contribution in [3.63, 3.8) is 0 Å². The van der Waals surface area contributed by atoms with Crippen molar-refractivity contribution >= 4 is 29.5 Å². The van der Waals surface area contributed by atoms with Gasteiger partial charge in [-0.05, 0) is 50.6 Å². The van der Waals surface area contributed by atoms with Crippen LogP contribution in [0, 0.1) is 18.7 Å². The average Bonchev–Trinajstić information content (AvgIpc) is 3.41. The molecule has 4 aromatic heterocycles. The highest BCUT2D eigenvalue weighted by molar-refractivity contribution is 6.34. The minimum atomic E-state index is -0.821. The number of aliphatic hydroxyl groups is 1. The number of pyridine rings is 2. The van der Waals surface area contributed by atoms with Crippen molar-refractivity contribution in [1.82, 2.24) is 34.9 Å². The minimum Gasteiger partial charge on any atom is -0.479 e. The maximum atomic E-state index is 13.3. The first-order valence-corrected chi connectivity index (χ1v) is 11.5. The Morgan fingerprint density at radius 2 is 2.17 bits per heavy atom. The van der Waals surface area contributed by atoms with Crippen LogP contribution in [0.4, 0.5) is 4.39 Å². The van der Waals surface area contributed by atoms with E-state index in [1.54, 1.807) is 4.52 Å². The molecule has 5 rings (SSSR count). The molecule has 1 aliphatic rings. The van der Waals surface area contributed by atoms with Crippen molar-refractivity contribution in [2.24, 2.45) is 5.92 Å². The van der Waals surface area contributed by atoms with E-state index in [1.807, 2.05) is 23.9 Å². The van der Waals surface area contributed by atoms with Crippen LogP contribution in [-0.2, 0) is 0 Å². The van der Waals surface area contributed by atoms with E-state index >= 15 is 0 Å². The summed E-state index contributed by atoms with van der Waals surface area (Å²) in [5, 5.41) is 27.1. The minimum absolute atomic E-state index is 0. The summed E-state index contributed by atoms with van der Waals surface area (Å²) in [6.07, 6.45) is 4.60. The molecule has 0 radical (unpaired) electrons. The maximum Gasteiger partial charge on any atom is 0.163 e. The van der Waals surface area contributed by atoms with Crippen molar-refractivity contribution in [1.29, 1.82) is 0 Å². The smallest absolute Gasteiger partial charge is 0.163 e. The lowest BCUT2D eigenvalue weighted by atomic mass is 9.95. The molecule has 0 aliphatic carbocycles. The highest BCUT2D eigenvalue weighted by Crippen LogP contribution is 2.36. The van der Waals surface area contributed by atoms with Crippen molar-refractivity contribution in [2.45, 2.75) is 32.4 Å². The van der Waals surface area contributed by atoms with Gasteiger partial charge in [0.05, 0.1) is 41.5 Å². The summed E-state index contributed by atoms with van der Waals surface area (Å²) in [4.78, 5) is 4.05. The highest BCUT2D eigenvalue weighted by Gasteiger charge is 2.27. The Morgan fingerprint density at radius 1 is 1.34 bits per heavy atom. The van der Waals surface area contributed by atoms with E-state index in [2.05, 4.69) is 32.6 Å². The third-order valence-corrected chi connectivity index (χ3v) is 6.58. The fourth-order valence-electron chi connectivity index (χ4n) is 4.48. The van der Waals surface area contributed by atoms with E-state index < -0.39 is 11.9 Å². The zero-order valence-corrected chi connectivity index (χ0v) is 20.8. The number of nitrogens with one attached hydrogen (secondary N) is 1. The Hall–Kier alpha value is -2.79. The van der Waals surface area contributed by atoms with E-state index in [0.29, 0.717) is 33.6 Å². The second-order valence-corrected chi connectivity index (χ2v) is 8.98. The monoisotopic (exact) mass is 521 g/mol. The van der Waals surface area contributed by atoms with Crippen LogP contribution in [0.15, 0.2) is 36.8 Å². The molecule has 1 saturated heterocycles. The van der Waals surface area contributed by atoms with E-state index in [4.69, 9.17) is 16.3 Å².